The number of nitrogens with two attached hydrogens (primary N) is 1. The molecule has 9 nitrogen and oxygen atoms in total. The normalized spacial score (nSPS) is 15.0. The van der Waals surface area contributed by atoms with Crippen LogP contribution >= 0.6 is 0 Å². The van der Waals surface area contributed by atoms with E-state index in [2.05, 4.69) is 15.4 Å². The Hall–Kier alpha value is -4.40. The van der Waals surface area contributed by atoms with Gasteiger partial charge in [-0.1, -0.05) is 24.3 Å². The van der Waals surface area contributed by atoms with E-state index >= 15 is 0 Å². The number of rotatable bonds is 7. The van der Waals surface area contributed by atoms with Crippen LogP contribution in [0, 0.1) is 6.92 Å². The summed E-state index contributed by atoms with van der Waals surface area (Å²) in [6.45, 7) is 1.96. The lowest BCUT2D eigenvalue weighted by Gasteiger charge is -2.20. The number of anilines is 2. The Morgan fingerprint density at radius 3 is 2.55 bits per heavy atom. The quantitative estimate of drug-likeness (QED) is 0.576. The Kier molecular flexibility index (Phi) is 6.21. The third kappa shape index (κ3) is 4.93. The molecule has 1 aliphatic heterocycles. The molecule has 2 aromatic carbocycles. The number of ether oxygens (including phenoxy) is 2. The molecule has 1 atom stereocenters. The minimum Gasteiger partial charge on any atom is -0.493 e. The fourth-order valence-electron chi connectivity index (χ4n) is 3.38. The van der Waals surface area contributed by atoms with Gasteiger partial charge in [-0.2, -0.15) is 5.10 Å². The van der Waals surface area contributed by atoms with E-state index in [-0.39, 0.29) is 12.1 Å². The van der Waals surface area contributed by atoms with Crippen molar-refractivity contribution in [3.63, 3.8) is 0 Å². The number of carbonyl (C=O) groups excluding carboxylic acids is 2. The van der Waals surface area contributed by atoms with Crippen molar-refractivity contribution in [1.29, 1.82) is 0 Å². The first kappa shape index (κ1) is 21.8. The Balaban J connectivity index is 1.45. The standard InChI is InChI=1S/C24H23N5O4/c1-15-8-10-20(21(12-15)32-2)33-22-11-9-16(14-26-22)27-24(31)18-13-19(23(25)30)29(28-18)17-6-4-3-5-7-17/h3-12,14,19H,13H2,1-2H3,(H2,25,30)(H,27,31)/t19-/m1/s1. The molecule has 0 aliphatic carbocycles. The molecule has 0 saturated heterocycles. The van der Waals surface area contributed by atoms with Gasteiger partial charge in [0.1, 0.15) is 11.8 Å². The van der Waals surface area contributed by atoms with Crippen molar-refractivity contribution >= 4 is 28.9 Å². The van der Waals surface area contributed by atoms with Crippen LogP contribution < -0.4 is 25.5 Å². The zero-order chi connectivity index (χ0) is 23.4. The summed E-state index contributed by atoms with van der Waals surface area (Å²) in [6, 6.07) is 17.2. The molecule has 4 rings (SSSR count). The van der Waals surface area contributed by atoms with E-state index in [1.165, 1.54) is 11.2 Å². The Morgan fingerprint density at radius 1 is 1.09 bits per heavy atom. The predicted molar refractivity (Wildman–Crippen MR) is 125 cm³/mol. The van der Waals surface area contributed by atoms with Gasteiger partial charge in [0.2, 0.25) is 11.8 Å². The van der Waals surface area contributed by atoms with Crippen LogP contribution in [-0.2, 0) is 9.59 Å². The number of aromatic nitrogens is 1. The van der Waals surface area contributed by atoms with Gasteiger partial charge < -0.3 is 20.5 Å². The van der Waals surface area contributed by atoms with Gasteiger partial charge >= 0.3 is 0 Å². The van der Waals surface area contributed by atoms with Gasteiger partial charge in [-0.15, -0.1) is 0 Å². The summed E-state index contributed by atoms with van der Waals surface area (Å²) < 4.78 is 11.1. The highest BCUT2D eigenvalue weighted by Crippen LogP contribution is 2.31. The Bertz CT molecular complexity index is 1200. The first-order chi connectivity index (χ1) is 15.9. The van der Waals surface area contributed by atoms with Crippen LogP contribution in [0.1, 0.15) is 12.0 Å². The number of nitrogens with one attached hydrogen (secondary N) is 1. The first-order valence-corrected chi connectivity index (χ1v) is 10.3. The molecule has 1 aliphatic rings. The maximum absolute atomic E-state index is 12.8. The fraction of sp³-hybridized carbons (Fsp3) is 0.167. The summed E-state index contributed by atoms with van der Waals surface area (Å²) in [5.74, 6) is 0.486. The predicted octanol–water partition coefficient (Wildman–Crippen LogP) is 3.25. The van der Waals surface area contributed by atoms with Crippen molar-refractivity contribution in [3.05, 3.63) is 72.4 Å². The van der Waals surface area contributed by atoms with Crippen LogP contribution in [0.25, 0.3) is 0 Å². The number of carbonyl (C=O) groups is 2. The summed E-state index contributed by atoms with van der Waals surface area (Å²) >= 11 is 0. The number of hydrogen-bond acceptors (Lipinski definition) is 7. The average molecular weight is 445 g/mol. The molecule has 0 unspecified atom stereocenters. The topological polar surface area (TPSA) is 119 Å². The van der Waals surface area contributed by atoms with Gasteiger partial charge in [-0.05, 0) is 42.8 Å². The first-order valence-electron chi connectivity index (χ1n) is 10.3. The molecule has 3 N–H and O–H groups in total. The molecule has 0 spiro atoms. The van der Waals surface area contributed by atoms with Gasteiger partial charge in [0.25, 0.3) is 5.91 Å². The molecule has 2 amide bonds. The van der Waals surface area contributed by atoms with Gasteiger partial charge in [0.15, 0.2) is 11.5 Å². The number of amides is 2. The number of nitrogens with zero attached hydrogens (tertiary/aromatic N) is 3. The smallest absolute Gasteiger partial charge is 0.272 e. The van der Waals surface area contributed by atoms with Crippen LogP contribution in [0.2, 0.25) is 0 Å². The minimum absolute atomic E-state index is 0.109. The number of hydrogen-bond donors (Lipinski definition) is 2. The van der Waals surface area contributed by atoms with E-state index in [0.29, 0.717) is 28.8 Å². The molecule has 3 aromatic rings. The van der Waals surface area contributed by atoms with Crippen molar-refractivity contribution in [1.82, 2.24) is 4.98 Å². The summed E-state index contributed by atoms with van der Waals surface area (Å²) in [7, 11) is 1.57. The van der Waals surface area contributed by atoms with Gasteiger partial charge in [0, 0.05) is 12.5 Å². The van der Waals surface area contributed by atoms with Crippen LogP contribution in [0.5, 0.6) is 17.4 Å². The molecule has 1 aromatic heterocycles. The van der Waals surface area contributed by atoms with E-state index in [9.17, 15) is 9.59 Å². The van der Waals surface area contributed by atoms with E-state index in [4.69, 9.17) is 15.2 Å². The number of benzene rings is 2. The number of pyridine rings is 1. The minimum atomic E-state index is -0.730. The largest absolute Gasteiger partial charge is 0.493 e. The monoisotopic (exact) mass is 445 g/mol. The van der Waals surface area contributed by atoms with Crippen LogP contribution in [0.15, 0.2) is 72.0 Å². The van der Waals surface area contributed by atoms with E-state index in [1.54, 1.807) is 37.4 Å². The lowest BCUT2D eigenvalue weighted by atomic mass is 10.1. The Labute approximate surface area is 190 Å². The third-order valence-electron chi connectivity index (χ3n) is 5.05. The summed E-state index contributed by atoms with van der Waals surface area (Å²) in [5, 5.41) is 8.55. The maximum atomic E-state index is 12.8. The van der Waals surface area contributed by atoms with Gasteiger partial charge in [-0.3, -0.25) is 14.6 Å². The summed E-state index contributed by atoms with van der Waals surface area (Å²) in [6.07, 6.45) is 1.59. The molecule has 9 heteroatoms. The molecule has 2 heterocycles. The van der Waals surface area contributed by atoms with Gasteiger partial charge in [-0.25, -0.2) is 4.98 Å². The SMILES string of the molecule is COc1cc(C)ccc1Oc1ccc(NC(=O)C2=NN(c3ccccc3)[C@@H](C(N)=O)C2)cn1. The molecule has 0 radical (unpaired) electrons. The van der Waals surface area contributed by atoms with Crippen molar-refractivity contribution < 1.29 is 19.1 Å². The van der Waals surface area contributed by atoms with E-state index in [0.717, 1.165) is 5.56 Å². The van der Waals surface area contributed by atoms with Crippen molar-refractivity contribution in [2.45, 2.75) is 19.4 Å². The molecule has 168 valence electrons. The number of aryl methyl sites for hydroxylation is 1. The van der Waals surface area contributed by atoms with E-state index < -0.39 is 17.9 Å². The van der Waals surface area contributed by atoms with Crippen LogP contribution in [0.3, 0.4) is 0 Å². The average Bonchev–Trinajstić information content (AvgIpc) is 3.28. The number of hydrazone groups is 1. The highest BCUT2D eigenvalue weighted by Gasteiger charge is 2.35. The Morgan fingerprint density at radius 2 is 1.88 bits per heavy atom. The maximum Gasteiger partial charge on any atom is 0.272 e. The number of primary amides is 1. The number of methoxy groups -OCH3 is 1. The second-order valence-electron chi connectivity index (χ2n) is 7.44. The molecule has 33 heavy (non-hydrogen) atoms. The van der Waals surface area contributed by atoms with Crippen molar-refractivity contribution in [2.24, 2.45) is 10.8 Å². The van der Waals surface area contributed by atoms with Crippen LogP contribution in [0.4, 0.5) is 11.4 Å². The molecule has 0 fully saturated rings. The van der Waals surface area contributed by atoms with Crippen molar-refractivity contribution in [2.75, 3.05) is 17.4 Å². The molecular formula is C24H23N5O4. The second kappa shape index (κ2) is 9.39. The summed E-state index contributed by atoms with van der Waals surface area (Å²) in [5.41, 5.74) is 7.92. The summed E-state index contributed by atoms with van der Waals surface area (Å²) in [4.78, 5) is 28.9. The lowest BCUT2D eigenvalue weighted by Crippen LogP contribution is -2.39. The molecule has 0 saturated carbocycles. The highest BCUT2D eigenvalue weighted by atomic mass is 16.5. The van der Waals surface area contributed by atoms with Crippen molar-refractivity contribution in [3.8, 4) is 17.4 Å². The second-order valence-corrected chi connectivity index (χ2v) is 7.44. The molecular weight excluding hydrogens is 422 g/mol. The number of para-hydroxylation sites is 1. The lowest BCUT2D eigenvalue weighted by molar-refractivity contribution is -0.119. The molecule has 0 bridgehead atoms. The zero-order valence-corrected chi connectivity index (χ0v) is 18.2. The van der Waals surface area contributed by atoms with Gasteiger partial charge in [0.05, 0.1) is 24.7 Å². The fourth-order valence-corrected chi connectivity index (χ4v) is 3.38. The van der Waals surface area contributed by atoms with Crippen LogP contribution in [-0.4, -0.2) is 35.7 Å². The third-order valence-corrected chi connectivity index (χ3v) is 5.05. The van der Waals surface area contributed by atoms with E-state index in [1.807, 2.05) is 37.3 Å². The highest BCUT2D eigenvalue weighted by molar-refractivity contribution is 6.44. The zero-order valence-electron chi connectivity index (χ0n) is 18.2.